The molecule has 0 bridgehead atoms. The van der Waals surface area contributed by atoms with Crippen LogP contribution in [0, 0.1) is 0 Å². The predicted octanol–water partition coefficient (Wildman–Crippen LogP) is 4.12. The van der Waals surface area contributed by atoms with E-state index in [1.165, 1.54) is 18.2 Å². The van der Waals surface area contributed by atoms with Crippen LogP contribution in [0.25, 0.3) is 0 Å². The van der Waals surface area contributed by atoms with E-state index in [4.69, 9.17) is 4.74 Å². The van der Waals surface area contributed by atoms with Crippen molar-refractivity contribution in [3.8, 4) is 11.5 Å². The zero-order valence-electron chi connectivity index (χ0n) is 7.85. The number of hydrogen-bond acceptors (Lipinski definition) is 2. The Morgan fingerprint density at radius 3 is 2.44 bits per heavy atom. The van der Waals surface area contributed by atoms with Gasteiger partial charge in [-0.15, -0.1) is 13.2 Å². The number of rotatable bonds is 4. The number of hydrogen-bond donors (Lipinski definition) is 0. The molecule has 1 rings (SSSR count). The zero-order chi connectivity index (χ0) is 12.2. The molecule has 0 heterocycles. The van der Waals surface area contributed by atoms with Crippen LogP contribution in [0.3, 0.4) is 0 Å². The summed E-state index contributed by atoms with van der Waals surface area (Å²) >= 11 is 6.27. The van der Waals surface area contributed by atoms with Gasteiger partial charge in [0.05, 0.1) is 11.1 Å². The maximum atomic E-state index is 11.9. The molecule has 0 saturated carbocycles. The lowest BCUT2D eigenvalue weighted by atomic mass is 10.3. The summed E-state index contributed by atoms with van der Waals surface area (Å²) in [6, 6.07) is 3.81. The Bertz CT molecular complexity index is 355. The highest BCUT2D eigenvalue weighted by atomic mass is 79.9. The van der Waals surface area contributed by atoms with Crippen LogP contribution in [-0.4, -0.2) is 18.3 Å². The lowest BCUT2D eigenvalue weighted by Crippen LogP contribution is -2.17. The van der Waals surface area contributed by atoms with Crippen LogP contribution in [0.5, 0.6) is 11.5 Å². The minimum atomic E-state index is -4.68. The predicted molar refractivity (Wildman–Crippen MR) is 60.1 cm³/mol. The van der Waals surface area contributed by atoms with Gasteiger partial charge in [0.2, 0.25) is 0 Å². The Hall–Kier alpha value is -0.430. The van der Waals surface area contributed by atoms with Gasteiger partial charge in [-0.3, -0.25) is 0 Å². The van der Waals surface area contributed by atoms with Gasteiger partial charge in [-0.1, -0.05) is 15.9 Å². The highest BCUT2D eigenvalue weighted by Gasteiger charge is 2.31. The fourth-order valence-corrected chi connectivity index (χ4v) is 1.58. The van der Waals surface area contributed by atoms with Gasteiger partial charge in [0.15, 0.2) is 0 Å². The molecule has 0 aliphatic heterocycles. The summed E-state index contributed by atoms with van der Waals surface area (Å²) in [6.45, 7) is 0.429. The van der Waals surface area contributed by atoms with Crippen molar-refractivity contribution < 1.29 is 22.6 Å². The van der Waals surface area contributed by atoms with Crippen LogP contribution in [-0.2, 0) is 0 Å². The Labute approximate surface area is 107 Å². The van der Waals surface area contributed by atoms with Gasteiger partial charge in [0.25, 0.3) is 0 Å². The second-order valence-electron chi connectivity index (χ2n) is 2.68. The van der Waals surface area contributed by atoms with E-state index in [0.29, 0.717) is 22.2 Å². The van der Waals surface area contributed by atoms with Gasteiger partial charge in [0, 0.05) is 5.33 Å². The van der Waals surface area contributed by atoms with Crippen LogP contribution in [0.1, 0.15) is 0 Å². The van der Waals surface area contributed by atoms with Gasteiger partial charge in [0.1, 0.15) is 11.5 Å². The summed E-state index contributed by atoms with van der Waals surface area (Å²) in [5.74, 6) is 0.180. The molecule has 0 fully saturated rings. The first kappa shape index (κ1) is 13.6. The molecule has 0 atom stereocenters. The third kappa shape index (κ3) is 4.61. The van der Waals surface area contributed by atoms with Crippen LogP contribution in [0.2, 0.25) is 0 Å². The Balaban J connectivity index is 2.74. The average Bonchev–Trinajstić information content (AvgIpc) is 2.14. The first-order chi connectivity index (χ1) is 7.42. The van der Waals surface area contributed by atoms with Crippen LogP contribution in [0.4, 0.5) is 13.2 Å². The molecule has 0 aliphatic carbocycles. The van der Waals surface area contributed by atoms with Gasteiger partial charge in [-0.25, -0.2) is 0 Å². The first-order valence-corrected chi connectivity index (χ1v) is 6.08. The van der Waals surface area contributed by atoms with E-state index in [-0.39, 0.29) is 5.75 Å². The third-order valence-corrected chi connectivity index (χ3v) is 2.42. The number of benzene rings is 1. The lowest BCUT2D eigenvalue weighted by molar-refractivity contribution is -0.274. The molecule has 0 amide bonds. The molecule has 16 heavy (non-hydrogen) atoms. The van der Waals surface area contributed by atoms with Crippen LogP contribution in [0.15, 0.2) is 22.7 Å². The maximum Gasteiger partial charge on any atom is 0.573 e. The highest BCUT2D eigenvalue weighted by Crippen LogP contribution is 2.31. The standard InChI is InChI=1S/C9H7Br2F3O2/c10-3-4-15-8-2-1-6(5-7(8)11)16-9(12,13)14/h1-2,5H,3-4H2. The van der Waals surface area contributed by atoms with Crippen molar-refractivity contribution in [1.82, 2.24) is 0 Å². The summed E-state index contributed by atoms with van der Waals surface area (Å²) in [5, 5.41) is 0.639. The molecule has 0 aliphatic rings. The molecular weight excluding hydrogens is 357 g/mol. The van der Waals surface area contributed by atoms with Gasteiger partial charge in [-0.2, -0.15) is 0 Å². The zero-order valence-corrected chi connectivity index (χ0v) is 11.0. The van der Waals surface area contributed by atoms with E-state index in [2.05, 4.69) is 36.6 Å². The molecule has 90 valence electrons. The minimum Gasteiger partial charge on any atom is -0.492 e. The summed E-state index contributed by atoms with van der Waals surface area (Å²) in [5.41, 5.74) is 0. The Morgan fingerprint density at radius 2 is 1.94 bits per heavy atom. The molecule has 0 aromatic heterocycles. The van der Waals surface area contributed by atoms with Crippen LogP contribution >= 0.6 is 31.9 Å². The van der Waals surface area contributed by atoms with E-state index < -0.39 is 6.36 Å². The monoisotopic (exact) mass is 362 g/mol. The number of halogens is 5. The van der Waals surface area contributed by atoms with E-state index in [9.17, 15) is 13.2 Å². The fraction of sp³-hybridized carbons (Fsp3) is 0.333. The Kier molecular flexibility index (Phi) is 4.91. The summed E-state index contributed by atoms with van der Waals surface area (Å²) in [7, 11) is 0. The van der Waals surface area contributed by atoms with Crippen molar-refractivity contribution in [1.29, 1.82) is 0 Å². The van der Waals surface area contributed by atoms with Crippen molar-refractivity contribution in [2.45, 2.75) is 6.36 Å². The number of ether oxygens (including phenoxy) is 2. The molecule has 0 saturated heterocycles. The van der Waals surface area contributed by atoms with Crippen molar-refractivity contribution in [3.63, 3.8) is 0 Å². The largest absolute Gasteiger partial charge is 0.573 e. The average molecular weight is 364 g/mol. The topological polar surface area (TPSA) is 18.5 Å². The molecule has 0 N–H and O–H groups in total. The van der Waals surface area contributed by atoms with E-state index in [1.54, 1.807) is 0 Å². The van der Waals surface area contributed by atoms with Gasteiger partial charge >= 0.3 is 6.36 Å². The maximum absolute atomic E-state index is 11.9. The molecule has 0 unspecified atom stereocenters. The SMILES string of the molecule is FC(F)(F)Oc1ccc(OCCBr)c(Br)c1. The molecular formula is C9H7Br2F3O2. The lowest BCUT2D eigenvalue weighted by Gasteiger charge is -2.11. The molecule has 0 radical (unpaired) electrons. The summed E-state index contributed by atoms with van der Waals surface area (Å²) in [4.78, 5) is 0. The fourth-order valence-electron chi connectivity index (χ4n) is 0.944. The summed E-state index contributed by atoms with van der Waals surface area (Å²) in [6.07, 6.45) is -4.68. The minimum absolute atomic E-state index is 0.287. The third-order valence-electron chi connectivity index (χ3n) is 1.47. The van der Waals surface area contributed by atoms with Crippen molar-refractivity contribution in [3.05, 3.63) is 22.7 Å². The second-order valence-corrected chi connectivity index (χ2v) is 4.32. The van der Waals surface area contributed by atoms with E-state index in [0.717, 1.165) is 0 Å². The Morgan fingerprint density at radius 1 is 1.25 bits per heavy atom. The number of alkyl halides is 4. The van der Waals surface area contributed by atoms with Gasteiger partial charge in [-0.05, 0) is 34.1 Å². The highest BCUT2D eigenvalue weighted by molar-refractivity contribution is 9.10. The smallest absolute Gasteiger partial charge is 0.492 e. The first-order valence-electron chi connectivity index (χ1n) is 4.16. The van der Waals surface area contributed by atoms with E-state index >= 15 is 0 Å². The molecule has 2 nitrogen and oxygen atoms in total. The summed E-state index contributed by atoms with van der Waals surface area (Å²) < 4.78 is 45.1. The van der Waals surface area contributed by atoms with Gasteiger partial charge < -0.3 is 9.47 Å². The molecule has 0 spiro atoms. The molecule has 7 heteroatoms. The van der Waals surface area contributed by atoms with E-state index in [1.807, 2.05) is 0 Å². The van der Waals surface area contributed by atoms with Crippen molar-refractivity contribution >= 4 is 31.9 Å². The van der Waals surface area contributed by atoms with Crippen molar-refractivity contribution in [2.24, 2.45) is 0 Å². The van der Waals surface area contributed by atoms with Crippen molar-refractivity contribution in [2.75, 3.05) is 11.9 Å². The second kappa shape index (κ2) is 5.77. The normalized spacial score (nSPS) is 11.3. The molecule has 1 aromatic carbocycles. The molecule has 1 aromatic rings. The quantitative estimate of drug-likeness (QED) is 0.749. The van der Waals surface area contributed by atoms with Crippen LogP contribution < -0.4 is 9.47 Å².